The van der Waals surface area contributed by atoms with Crippen LogP contribution in [0.5, 0.6) is 0 Å². The van der Waals surface area contributed by atoms with Crippen molar-refractivity contribution in [2.75, 3.05) is 13.7 Å². The van der Waals surface area contributed by atoms with Crippen LogP contribution in [0.2, 0.25) is 5.02 Å². The van der Waals surface area contributed by atoms with Gasteiger partial charge in [0.15, 0.2) is 0 Å². The zero-order chi connectivity index (χ0) is 18.4. The average molecular weight is 382 g/mol. The molecule has 6 nitrogen and oxygen atoms in total. The van der Waals surface area contributed by atoms with Crippen LogP contribution in [-0.4, -0.2) is 30.2 Å². The molecule has 0 atom stereocenters. The molecule has 1 aromatic carbocycles. The largest absolute Gasteiger partial charge is 0.468 e. The van der Waals surface area contributed by atoms with E-state index in [2.05, 4.69) is 4.74 Å². The zero-order valence-corrected chi connectivity index (χ0v) is 15.2. The van der Waals surface area contributed by atoms with Gasteiger partial charge >= 0.3 is 11.9 Å². The van der Waals surface area contributed by atoms with Crippen LogP contribution in [-0.2, 0) is 25.6 Å². The summed E-state index contributed by atoms with van der Waals surface area (Å²) in [5.41, 5.74) is 0.386. The first-order valence-corrected chi connectivity index (χ1v) is 8.56. The summed E-state index contributed by atoms with van der Waals surface area (Å²) < 4.78 is 11.4. The van der Waals surface area contributed by atoms with Crippen molar-refractivity contribution in [1.29, 1.82) is 0 Å². The highest BCUT2D eigenvalue weighted by Gasteiger charge is 2.11. The maximum absolute atomic E-state index is 12.6. The van der Waals surface area contributed by atoms with Crippen LogP contribution < -0.4 is 14.8 Å². The van der Waals surface area contributed by atoms with Gasteiger partial charge in [0, 0.05) is 5.02 Å². The smallest absolute Gasteiger partial charge is 0.333 e. The highest BCUT2D eigenvalue weighted by Crippen LogP contribution is 2.09. The van der Waals surface area contributed by atoms with Crippen LogP contribution in [0.3, 0.4) is 0 Å². The fourth-order valence-electron chi connectivity index (χ4n) is 1.98. The van der Waals surface area contributed by atoms with Crippen LogP contribution >= 0.6 is 22.9 Å². The lowest BCUT2D eigenvalue weighted by Gasteiger charge is -2.00. The Hall–Kier alpha value is -2.38. The van der Waals surface area contributed by atoms with Crippen molar-refractivity contribution < 1.29 is 19.1 Å². The second-order valence-electron chi connectivity index (χ2n) is 4.86. The number of methoxy groups -OCH3 is 1. The summed E-state index contributed by atoms with van der Waals surface area (Å²) in [6, 6.07) is 6.95. The van der Waals surface area contributed by atoms with E-state index >= 15 is 0 Å². The molecule has 0 saturated heterocycles. The molecule has 2 aromatic rings. The van der Waals surface area contributed by atoms with Crippen molar-refractivity contribution in [2.24, 2.45) is 0 Å². The molecule has 0 fully saturated rings. The molecule has 0 saturated carbocycles. The van der Waals surface area contributed by atoms with Crippen LogP contribution in [0.1, 0.15) is 12.5 Å². The van der Waals surface area contributed by atoms with Gasteiger partial charge in [0.25, 0.3) is 5.56 Å². The predicted octanol–water partition coefficient (Wildman–Crippen LogP) is 0.909. The maximum Gasteiger partial charge on any atom is 0.333 e. The van der Waals surface area contributed by atoms with Gasteiger partial charge in [0.2, 0.25) is 0 Å². The first-order valence-electron chi connectivity index (χ1n) is 7.36. The van der Waals surface area contributed by atoms with Gasteiger partial charge in [-0.3, -0.25) is 14.2 Å². The Morgan fingerprint density at radius 2 is 1.96 bits per heavy atom. The number of halogens is 1. The lowest BCUT2D eigenvalue weighted by molar-refractivity contribution is -0.141. The fourth-order valence-corrected chi connectivity index (χ4v) is 3.14. The van der Waals surface area contributed by atoms with Crippen molar-refractivity contribution in [3.63, 3.8) is 0 Å². The van der Waals surface area contributed by atoms with Crippen LogP contribution in [0, 0.1) is 0 Å². The summed E-state index contributed by atoms with van der Waals surface area (Å²) in [6.07, 6.45) is 2.86. The van der Waals surface area contributed by atoms with Crippen molar-refractivity contribution in [2.45, 2.75) is 13.5 Å². The van der Waals surface area contributed by atoms with E-state index in [9.17, 15) is 14.4 Å². The third-order valence-electron chi connectivity index (χ3n) is 3.15. The van der Waals surface area contributed by atoms with E-state index in [4.69, 9.17) is 16.3 Å². The number of hydrogen-bond donors (Lipinski definition) is 0. The molecule has 0 aliphatic rings. The summed E-state index contributed by atoms with van der Waals surface area (Å²) >= 11 is 6.94. The number of esters is 2. The molecule has 25 heavy (non-hydrogen) atoms. The summed E-state index contributed by atoms with van der Waals surface area (Å²) in [7, 11) is 1.23. The van der Waals surface area contributed by atoms with E-state index in [1.165, 1.54) is 17.8 Å². The van der Waals surface area contributed by atoms with Crippen LogP contribution in [0.15, 0.2) is 29.1 Å². The number of ether oxygens (including phenoxy) is 2. The highest BCUT2D eigenvalue weighted by atomic mass is 35.5. The van der Waals surface area contributed by atoms with E-state index in [1.807, 2.05) is 0 Å². The van der Waals surface area contributed by atoms with Crippen LogP contribution in [0.4, 0.5) is 0 Å². The van der Waals surface area contributed by atoms with Gasteiger partial charge in [-0.1, -0.05) is 23.7 Å². The Kier molecular flexibility index (Phi) is 6.55. The molecule has 0 bridgehead atoms. The number of carbonyl (C=O) groups is 2. The Morgan fingerprint density at radius 1 is 1.28 bits per heavy atom. The molecule has 1 aromatic heterocycles. The lowest BCUT2D eigenvalue weighted by Crippen LogP contribution is -2.34. The van der Waals surface area contributed by atoms with E-state index in [-0.39, 0.29) is 18.7 Å². The summed E-state index contributed by atoms with van der Waals surface area (Å²) in [5, 5.41) is 0.586. The fraction of sp³-hybridized carbons (Fsp3) is 0.235. The Labute approximate surface area is 152 Å². The van der Waals surface area contributed by atoms with Gasteiger partial charge in [-0.15, -0.1) is 11.3 Å². The standard InChI is InChI=1S/C17H16ClNO5S/c1-3-24-15(20)9-14-19(10-16(21)23-2)17(22)13(25-14)8-11-4-6-12(18)7-5-11/h4-9H,3,10H2,1-2H3/b13-8-,14-9-. The van der Waals surface area contributed by atoms with Gasteiger partial charge in [-0.2, -0.15) is 0 Å². The minimum atomic E-state index is -0.587. The number of hydrogen-bond acceptors (Lipinski definition) is 6. The van der Waals surface area contributed by atoms with Gasteiger partial charge in [-0.05, 0) is 30.7 Å². The average Bonchev–Trinajstić information content (AvgIpc) is 2.85. The maximum atomic E-state index is 12.6. The number of thiazole rings is 1. The molecule has 0 spiro atoms. The normalized spacial score (nSPS) is 12.3. The minimum absolute atomic E-state index is 0.214. The Morgan fingerprint density at radius 3 is 2.56 bits per heavy atom. The molecule has 2 rings (SSSR count). The van der Waals surface area contributed by atoms with Gasteiger partial charge < -0.3 is 9.47 Å². The molecular formula is C17H16ClNO5S. The molecule has 132 valence electrons. The summed E-state index contributed by atoms with van der Waals surface area (Å²) in [4.78, 5) is 35.9. The quantitative estimate of drug-likeness (QED) is 0.720. The van der Waals surface area contributed by atoms with Crippen LogP contribution in [0.25, 0.3) is 12.2 Å². The second-order valence-corrected chi connectivity index (χ2v) is 6.36. The van der Waals surface area contributed by atoms with E-state index in [0.717, 1.165) is 16.9 Å². The molecule has 0 unspecified atom stereocenters. The lowest BCUT2D eigenvalue weighted by atomic mass is 10.2. The predicted molar refractivity (Wildman–Crippen MR) is 96.0 cm³/mol. The first-order chi connectivity index (χ1) is 11.9. The highest BCUT2D eigenvalue weighted by molar-refractivity contribution is 7.07. The third kappa shape index (κ3) is 5.04. The number of benzene rings is 1. The second kappa shape index (κ2) is 8.64. The van der Waals surface area contributed by atoms with Crippen molar-refractivity contribution in [3.8, 4) is 0 Å². The number of carbonyl (C=O) groups excluding carboxylic acids is 2. The molecule has 8 heteroatoms. The summed E-state index contributed by atoms with van der Waals surface area (Å²) in [6.45, 7) is 1.61. The van der Waals surface area contributed by atoms with Gasteiger partial charge in [0.1, 0.15) is 11.2 Å². The Bertz CT molecular complexity index is 943. The molecule has 0 amide bonds. The summed E-state index contributed by atoms with van der Waals surface area (Å²) in [5.74, 6) is -1.17. The molecule has 0 aliphatic heterocycles. The van der Waals surface area contributed by atoms with E-state index in [1.54, 1.807) is 37.3 Å². The third-order valence-corrected chi connectivity index (χ3v) is 4.46. The molecule has 1 heterocycles. The van der Waals surface area contributed by atoms with Gasteiger partial charge in [-0.25, -0.2) is 4.79 Å². The van der Waals surface area contributed by atoms with E-state index in [0.29, 0.717) is 14.2 Å². The monoisotopic (exact) mass is 381 g/mol. The van der Waals surface area contributed by atoms with Crippen molar-refractivity contribution in [1.82, 2.24) is 4.57 Å². The van der Waals surface area contributed by atoms with Crippen molar-refractivity contribution in [3.05, 3.63) is 54.4 Å². The molecule has 0 N–H and O–H groups in total. The van der Waals surface area contributed by atoms with Crippen molar-refractivity contribution >= 4 is 47.0 Å². The Balaban J connectivity index is 2.59. The number of rotatable bonds is 5. The number of nitrogens with zero attached hydrogens (tertiary/aromatic N) is 1. The van der Waals surface area contributed by atoms with Gasteiger partial charge in [0.05, 0.1) is 24.3 Å². The molecular weight excluding hydrogens is 366 g/mol. The SMILES string of the molecule is CCOC(=O)/C=c1\s/c(=C\c2ccc(Cl)cc2)c(=O)n1CC(=O)OC. The topological polar surface area (TPSA) is 74.6 Å². The van der Waals surface area contributed by atoms with E-state index < -0.39 is 11.9 Å². The molecule has 0 aliphatic carbocycles. The first kappa shape index (κ1) is 19.0. The minimum Gasteiger partial charge on any atom is -0.468 e. The molecule has 0 radical (unpaired) electrons. The number of aromatic nitrogens is 1. The zero-order valence-electron chi connectivity index (χ0n) is 13.7.